The van der Waals surface area contributed by atoms with Gasteiger partial charge in [-0.25, -0.2) is 4.98 Å². The highest BCUT2D eigenvalue weighted by molar-refractivity contribution is 7.19. The maximum Gasteiger partial charge on any atom is 0.135 e. The van der Waals surface area contributed by atoms with E-state index in [9.17, 15) is 5.11 Å². The van der Waals surface area contributed by atoms with Gasteiger partial charge in [0.2, 0.25) is 0 Å². The highest BCUT2D eigenvalue weighted by Crippen LogP contribution is 2.33. The summed E-state index contributed by atoms with van der Waals surface area (Å²) in [5.41, 5.74) is 1.50. The number of para-hydroxylation sites is 1. The molecule has 6 heteroatoms. The van der Waals surface area contributed by atoms with Gasteiger partial charge in [-0.1, -0.05) is 18.2 Å². The van der Waals surface area contributed by atoms with E-state index in [0.29, 0.717) is 18.0 Å². The number of nitrogens with zero attached hydrogens (tertiary/aromatic N) is 2. The predicted octanol–water partition coefficient (Wildman–Crippen LogP) is 4.16. The Morgan fingerprint density at radius 1 is 1.22 bits per heavy atom. The molecule has 0 atom stereocenters. The molecule has 1 aliphatic rings. The third kappa shape index (κ3) is 2.64. The summed E-state index contributed by atoms with van der Waals surface area (Å²) in [7, 11) is 0. The van der Waals surface area contributed by atoms with Crippen LogP contribution in [-0.4, -0.2) is 33.9 Å². The van der Waals surface area contributed by atoms with E-state index in [2.05, 4.69) is 16.4 Å². The van der Waals surface area contributed by atoms with E-state index in [-0.39, 0.29) is 5.76 Å². The molecule has 0 aliphatic carbocycles. The van der Waals surface area contributed by atoms with Crippen molar-refractivity contribution >= 4 is 44.3 Å². The number of aromatic nitrogens is 1. The Labute approximate surface area is 141 Å². The third-order valence-corrected chi connectivity index (χ3v) is 5.89. The summed E-state index contributed by atoms with van der Waals surface area (Å²) in [5, 5.41) is 21.5. The molecule has 0 spiro atoms. The van der Waals surface area contributed by atoms with Gasteiger partial charge in [0.1, 0.15) is 16.6 Å². The molecule has 4 nitrogen and oxygen atoms in total. The van der Waals surface area contributed by atoms with Crippen LogP contribution in [-0.2, 0) is 6.42 Å². The number of rotatable bonds is 4. The molecule has 0 radical (unpaired) electrons. The van der Waals surface area contributed by atoms with Gasteiger partial charge in [-0.15, -0.1) is 22.7 Å². The number of benzene rings is 1. The molecular formula is C17H15N3OS2. The SMILES string of the molecule is N=C1C(c2nc3ccccc3s2)=C(O)CN1CCc1cccs1. The highest BCUT2D eigenvalue weighted by Gasteiger charge is 2.30. The van der Waals surface area contributed by atoms with Crippen molar-refractivity contribution in [3.63, 3.8) is 0 Å². The largest absolute Gasteiger partial charge is 0.510 e. The van der Waals surface area contributed by atoms with Crippen LogP contribution in [0.3, 0.4) is 0 Å². The Kier molecular flexibility index (Phi) is 3.63. The standard InChI is InChI=1S/C17H15N3OS2/c18-16-15(17-19-12-5-1-2-6-14(12)23-17)13(21)10-20(16)8-7-11-4-3-9-22-11/h1-6,9,18,21H,7-8,10H2. The second kappa shape index (κ2) is 5.79. The van der Waals surface area contributed by atoms with Crippen molar-refractivity contribution in [2.24, 2.45) is 0 Å². The Morgan fingerprint density at radius 2 is 2.09 bits per heavy atom. The van der Waals surface area contributed by atoms with E-state index in [1.807, 2.05) is 35.2 Å². The van der Waals surface area contributed by atoms with Gasteiger partial charge in [-0.05, 0) is 30.0 Å². The smallest absolute Gasteiger partial charge is 0.135 e. The summed E-state index contributed by atoms with van der Waals surface area (Å²) in [6.45, 7) is 1.13. The molecule has 2 N–H and O–H groups in total. The molecule has 0 saturated heterocycles. The molecule has 0 unspecified atom stereocenters. The first kappa shape index (κ1) is 14.4. The van der Waals surface area contributed by atoms with E-state index < -0.39 is 0 Å². The van der Waals surface area contributed by atoms with Gasteiger partial charge in [0.15, 0.2) is 0 Å². The van der Waals surface area contributed by atoms with Crippen LogP contribution in [0.2, 0.25) is 0 Å². The van der Waals surface area contributed by atoms with E-state index in [1.165, 1.54) is 16.2 Å². The van der Waals surface area contributed by atoms with Gasteiger partial charge in [0.05, 0.1) is 22.3 Å². The van der Waals surface area contributed by atoms with Crippen molar-refractivity contribution in [1.82, 2.24) is 9.88 Å². The molecular weight excluding hydrogens is 326 g/mol. The number of thiophene rings is 1. The first-order valence-corrected chi connectivity index (χ1v) is 9.06. The van der Waals surface area contributed by atoms with E-state index in [4.69, 9.17) is 5.41 Å². The van der Waals surface area contributed by atoms with Crippen LogP contribution in [0, 0.1) is 5.41 Å². The van der Waals surface area contributed by atoms with Crippen LogP contribution in [0.1, 0.15) is 9.88 Å². The number of aliphatic hydroxyl groups is 1. The Hall–Kier alpha value is -2.18. The predicted molar refractivity (Wildman–Crippen MR) is 96.5 cm³/mol. The topological polar surface area (TPSA) is 60.2 Å². The Balaban J connectivity index is 1.56. The van der Waals surface area contributed by atoms with Crippen LogP contribution in [0.5, 0.6) is 0 Å². The minimum Gasteiger partial charge on any atom is -0.510 e. The lowest BCUT2D eigenvalue weighted by atomic mass is 10.2. The summed E-state index contributed by atoms with van der Waals surface area (Å²) in [6, 6.07) is 12.0. The minimum atomic E-state index is 0.250. The van der Waals surface area contributed by atoms with Gasteiger partial charge in [0, 0.05) is 11.4 Å². The van der Waals surface area contributed by atoms with Gasteiger partial charge in [-0.3, -0.25) is 5.41 Å². The fourth-order valence-corrected chi connectivity index (χ4v) is 4.46. The van der Waals surface area contributed by atoms with Crippen LogP contribution in [0.4, 0.5) is 0 Å². The summed E-state index contributed by atoms with van der Waals surface area (Å²) in [6.07, 6.45) is 0.889. The summed E-state index contributed by atoms with van der Waals surface area (Å²) in [5.74, 6) is 0.623. The summed E-state index contributed by atoms with van der Waals surface area (Å²) >= 11 is 3.25. The third-order valence-electron chi connectivity index (χ3n) is 3.90. The van der Waals surface area contributed by atoms with Crippen molar-refractivity contribution in [2.45, 2.75) is 6.42 Å². The van der Waals surface area contributed by atoms with Crippen LogP contribution < -0.4 is 0 Å². The number of hydrogen-bond donors (Lipinski definition) is 2. The van der Waals surface area contributed by atoms with Crippen LogP contribution >= 0.6 is 22.7 Å². The zero-order chi connectivity index (χ0) is 15.8. The van der Waals surface area contributed by atoms with Crippen molar-refractivity contribution < 1.29 is 5.11 Å². The average Bonchev–Trinajstić information content (AvgIpc) is 3.24. The summed E-state index contributed by atoms with van der Waals surface area (Å²) in [4.78, 5) is 7.79. The van der Waals surface area contributed by atoms with Gasteiger partial charge < -0.3 is 10.0 Å². The molecule has 2 aromatic heterocycles. The first-order valence-electron chi connectivity index (χ1n) is 7.36. The molecule has 0 bridgehead atoms. The van der Waals surface area contributed by atoms with Gasteiger partial charge in [-0.2, -0.15) is 0 Å². The van der Waals surface area contributed by atoms with E-state index in [0.717, 1.165) is 28.2 Å². The lowest BCUT2D eigenvalue weighted by molar-refractivity contribution is 0.351. The molecule has 0 fully saturated rings. The highest BCUT2D eigenvalue weighted by atomic mass is 32.1. The van der Waals surface area contributed by atoms with Gasteiger partial charge >= 0.3 is 0 Å². The van der Waals surface area contributed by atoms with Gasteiger partial charge in [0.25, 0.3) is 0 Å². The second-order valence-electron chi connectivity index (χ2n) is 5.41. The number of hydrogen-bond acceptors (Lipinski definition) is 5. The molecule has 3 aromatic rings. The van der Waals surface area contributed by atoms with Crippen molar-refractivity contribution in [3.05, 3.63) is 57.4 Å². The number of aliphatic hydroxyl groups excluding tert-OH is 1. The lowest BCUT2D eigenvalue weighted by Crippen LogP contribution is -2.28. The normalized spacial score (nSPS) is 15.1. The quantitative estimate of drug-likeness (QED) is 0.749. The maximum atomic E-state index is 10.3. The zero-order valence-corrected chi connectivity index (χ0v) is 14.0. The maximum absolute atomic E-state index is 10.3. The average molecular weight is 341 g/mol. The number of thiazole rings is 1. The Morgan fingerprint density at radius 3 is 2.87 bits per heavy atom. The molecule has 0 saturated carbocycles. The van der Waals surface area contributed by atoms with Crippen molar-refractivity contribution in [3.8, 4) is 0 Å². The molecule has 1 aromatic carbocycles. The second-order valence-corrected chi connectivity index (χ2v) is 7.47. The molecule has 1 aliphatic heterocycles. The Bertz CT molecular complexity index is 863. The first-order chi connectivity index (χ1) is 11.2. The monoisotopic (exact) mass is 341 g/mol. The number of fused-ring (bicyclic) bond motifs is 1. The van der Waals surface area contributed by atoms with E-state index >= 15 is 0 Å². The summed E-state index contributed by atoms with van der Waals surface area (Å²) < 4.78 is 1.08. The lowest BCUT2D eigenvalue weighted by Gasteiger charge is -2.17. The number of nitrogens with one attached hydrogen (secondary N) is 1. The molecule has 23 heavy (non-hydrogen) atoms. The molecule has 3 heterocycles. The van der Waals surface area contributed by atoms with Crippen molar-refractivity contribution in [2.75, 3.05) is 13.1 Å². The van der Waals surface area contributed by atoms with Crippen LogP contribution in [0.15, 0.2) is 47.5 Å². The minimum absolute atomic E-state index is 0.250. The van der Waals surface area contributed by atoms with Crippen molar-refractivity contribution in [1.29, 1.82) is 5.41 Å². The molecule has 4 rings (SSSR count). The molecule has 0 amide bonds. The fourth-order valence-electron chi connectivity index (χ4n) is 2.73. The number of amidine groups is 1. The fraction of sp³-hybridized carbons (Fsp3) is 0.176. The van der Waals surface area contributed by atoms with E-state index in [1.54, 1.807) is 11.3 Å². The zero-order valence-electron chi connectivity index (χ0n) is 12.3. The van der Waals surface area contributed by atoms with Crippen LogP contribution in [0.25, 0.3) is 15.8 Å². The molecule has 116 valence electrons.